The first-order valence-corrected chi connectivity index (χ1v) is 7.07. The summed E-state index contributed by atoms with van der Waals surface area (Å²) in [7, 11) is 1.27. The van der Waals surface area contributed by atoms with Crippen molar-refractivity contribution < 1.29 is 24.2 Å². The summed E-state index contributed by atoms with van der Waals surface area (Å²) >= 11 is 1.97. The fraction of sp³-hybridized carbons (Fsp3) is 0.385. The van der Waals surface area contributed by atoms with Crippen LogP contribution in [0.3, 0.4) is 0 Å². The van der Waals surface area contributed by atoms with Crippen LogP contribution in [-0.4, -0.2) is 54.8 Å². The van der Waals surface area contributed by atoms with E-state index in [1.165, 1.54) is 18.1 Å². The van der Waals surface area contributed by atoms with Gasteiger partial charge in [0.15, 0.2) is 6.04 Å². The van der Waals surface area contributed by atoms with Crippen LogP contribution in [0.1, 0.15) is 10.4 Å². The standard InChI is InChI=1S/C13H14INO5/c1-19-13(18)10-7-20-5-4-15(10)12(17)8-2-3-9(14)11(16)6-8/h2-3,6,10,16H,4-5,7H2,1H3. The number of halogens is 1. The first-order chi connectivity index (χ1) is 9.54. The molecule has 0 saturated carbocycles. The molecule has 1 amide bonds. The van der Waals surface area contributed by atoms with Crippen molar-refractivity contribution in [1.82, 2.24) is 4.90 Å². The van der Waals surface area contributed by atoms with Crippen LogP contribution in [0.5, 0.6) is 5.75 Å². The number of phenolic OH excluding ortho intramolecular Hbond substituents is 1. The summed E-state index contributed by atoms with van der Waals surface area (Å²) in [4.78, 5) is 25.5. The molecule has 1 aromatic carbocycles. The molecule has 0 spiro atoms. The summed E-state index contributed by atoms with van der Waals surface area (Å²) in [6.45, 7) is 0.801. The van der Waals surface area contributed by atoms with E-state index < -0.39 is 12.0 Å². The highest BCUT2D eigenvalue weighted by atomic mass is 127. The van der Waals surface area contributed by atoms with Crippen molar-refractivity contribution in [2.24, 2.45) is 0 Å². The largest absolute Gasteiger partial charge is 0.507 e. The molecule has 0 radical (unpaired) electrons. The Morgan fingerprint density at radius 2 is 2.25 bits per heavy atom. The quantitative estimate of drug-likeness (QED) is 0.602. The molecular weight excluding hydrogens is 377 g/mol. The highest BCUT2D eigenvalue weighted by Crippen LogP contribution is 2.22. The lowest BCUT2D eigenvalue weighted by Gasteiger charge is -2.33. The third-order valence-corrected chi connectivity index (χ3v) is 3.97. The van der Waals surface area contributed by atoms with Crippen LogP contribution in [0, 0.1) is 3.57 Å². The maximum Gasteiger partial charge on any atom is 0.331 e. The monoisotopic (exact) mass is 391 g/mol. The number of phenols is 1. The second kappa shape index (κ2) is 6.40. The highest BCUT2D eigenvalue weighted by Gasteiger charge is 2.34. The van der Waals surface area contributed by atoms with E-state index in [1.807, 2.05) is 22.6 Å². The van der Waals surface area contributed by atoms with Gasteiger partial charge in [-0.25, -0.2) is 4.79 Å². The maximum atomic E-state index is 12.4. The zero-order valence-electron chi connectivity index (χ0n) is 10.8. The molecule has 6 nitrogen and oxygen atoms in total. The number of rotatable bonds is 2. The minimum Gasteiger partial charge on any atom is -0.507 e. The maximum absolute atomic E-state index is 12.4. The van der Waals surface area contributed by atoms with Crippen molar-refractivity contribution in [3.63, 3.8) is 0 Å². The van der Waals surface area contributed by atoms with Crippen LogP contribution in [-0.2, 0) is 14.3 Å². The Labute approximate surface area is 129 Å². The predicted molar refractivity (Wildman–Crippen MR) is 78.5 cm³/mol. The van der Waals surface area contributed by atoms with Gasteiger partial charge in [-0.05, 0) is 40.8 Å². The molecule has 0 aromatic heterocycles. The zero-order chi connectivity index (χ0) is 14.7. The minimum absolute atomic E-state index is 0.0410. The average molecular weight is 391 g/mol. The Hall–Kier alpha value is -1.35. The average Bonchev–Trinajstić information content (AvgIpc) is 2.48. The summed E-state index contributed by atoms with van der Waals surface area (Å²) < 4.78 is 10.6. The summed E-state index contributed by atoms with van der Waals surface area (Å²) in [5.41, 5.74) is 0.332. The Balaban J connectivity index is 2.25. The van der Waals surface area contributed by atoms with Crippen LogP contribution >= 0.6 is 22.6 Å². The van der Waals surface area contributed by atoms with E-state index in [1.54, 1.807) is 12.1 Å². The first-order valence-electron chi connectivity index (χ1n) is 5.99. The third kappa shape index (κ3) is 3.04. The smallest absolute Gasteiger partial charge is 0.331 e. The normalized spacial score (nSPS) is 18.7. The fourth-order valence-corrected chi connectivity index (χ4v) is 2.33. The molecule has 1 N–H and O–H groups in total. The summed E-state index contributed by atoms with van der Waals surface area (Å²) in [6.07, 6.45) is 0. The number of benzene rings is 1. The molecule has 1 fully saturated rings. The first kappa shape index (κ1) is 15.0. The fourth-order valence-electron chi connectivity index (χ4n) is 1.99. The summed E-state index contributed by atoms with van der Waals surface area (Å²) in [5, 5.41) is 9.67. The predicted octanol–water partition coefficient (Wildman–Crippen LogP) is 1.01. The zero-order valence-corrected chi connectivity index (χ0v) is 13.0. The number of aromatic hydroxyl groups is 1. The number of morpholine rings is 1. The van der Waals surface area contributed by atoms with E-state index >= 15 is 0 Å². The number of methoxy groups -OCH3 is 1. The Bertz CT molecular complexity index is 533. The number of ether oxygens (including phenoxy) is 2. The van der Waals surface area contributed by atoms with Crippen LogP contribution in [0.25, 0.3) is 0 Å². The van der Waals surface area contributed by atoms with E-state index in [2.05, 4.69) is 4.74 Å². The van der Waals surface area contributed by atoms with E-state index in [0.717, 1.165) is 0 Å². The molecule has 0 bridgehead atoms. The van der Waals surface area contributed by atoms with Crippen molar-refractivity contribution in [1.29, 1.82) is 0 Å². The Morgan fingerprint density at radius 3 is 2.90 bits per heavy atom. The number of amides is 1. The number of esters is 1. The lowest BCUT2D eigenvalue weighted by Crippen LogP contribution is -2.53. The van der Waals surface area contributed by atoms with E-state index in [4.69, 9.17) is 4.74 Å². The van der Waals surface area contributed by atoms with Crippen molar-refractivity contribution in [2.45, 2.75) is 6.04 Å². The molecule has 2 rings (SSSR count). The number of carbonyl (C=O) groups is 2. The van der Waals surface area contributed by atoms with Crippen LogP contribution in [0.15, 0.2) is 18.2 Å². The molecule has 7 heteroatoms. The van der Waals surface area contributed by atoms with Gasteiger partial charge in [-0.2, -0.15) is 0 Å². The van der Waals surface area contributed by atoms with E-state index in [0.29, 0.717) is 22.3 Å². The van der Waals surface area contributed by atoms with Crippen molar-refractivity contribution in [3.8, 4) is 5.75 Å². The minimum atomic E-state index is -0.748. The molecule has 1 atom stereocenters. The molecule has 1 aliphatic rings. The highest BCUT2D eigenvalue weighted by molar-refractivity contribution is 14.1. The van der Waals surface area contributed by atoms with Gasteiger partial charge in [0, 0.05) is 12.1 Å². The van der Waals surface area contributed by atoms with Gasteiger partial charge in [0.2, 0.25) is 0 Å². The van der Waals surface area contributed by atoms with Crippen LogP contribution in [0.4, 0.5) is 0 Å². The van der Waals surface area contributed by atoms with Gasteiger partial charge in [0.05, 0.1) is 23.9 Å². The van der Waals surface area contributed by atoms with E-state index in [-0.39, 0.29) is 18.3 Å². The van der Waals surface area contributed by atoms with Crippen molar-refractivity contribution in [2.75, 3.05) is 26.9 Å². The second-order valence-electron chi connectivity index (χ2n) is 4.28. The third-order valence-electron chi connectivity index (χ3n) is 3.06. The summed E-state index contributed by atoms with van der Waals surface area (Å²) in [6, 6.07) is 3.92. The van der Waals surface area contributed by atoms with Gasteiger partial charge >= 0.3 is 5.97 Å². The van der Waals surface area contributed by atoms with Crippen LogP contribution < -0.4 is 0 Å². The molecular formula is C13H14INO5. The molecule has 1 aromatic rings. The van der Waals surface area contributed by atoms with Crippen molar-refractivity contribution in [3.05, 3.63) is 27.3 Å². The number of nitrogens with zero attached hydrogens (tertiary/aromatic N) is 1. The Kier molecular flexibility index (Phi) is 4.81. The number of carbonyl (C=O) groups excluding carboxylic acids is 2. The van der Waals surface area contributed by atoms with Gasteiger partial charge in [-0.3, -0.25) is 4.79 Å². The second-order valence-corrected chi connectivity index (χ2v) is 5.44. The number of hydrogen-bond acceptors (Lipinski definition) is 5. The Morgan fingerprint density at radius 1 is 1.50 bits per heavy atom. The van der Waals surface area contributed by atoms with Crippen LogP contribution in [0.2, 0.25) is 0 Å². The van der Waals surface area contributed by atoms with E-state index in [9.17, 15) is 14.7 Å². The SMILES string of the molecule is COC(=O)C1COCCN1C(=O)c1ccc(I)c(O)c1. The van der Waals surface area contributed by atoms with Gasteiger partial charge < -0.3 is 19.5 Å². The molecule has 108 valence electrons. The molecule has 1 saturated heterocycles. The molecule has 1 aliphatic heterocycles. The number of hydrogen-bond donors (Lipinski definition) is 1. The molecule has 1 unspecified atom stereocenters. The van der Waals surface area contributed by atoms with Gasteiger partial charge in [-0.1, -0.05) is 0 Å². The van der Waals surface area contributed by atoms with Gasteiger partial charge in [-0.15, -0.1) is 0 Å². The van der Waals surface area contributed by atoms with Gasteiger partial charge in [0.25, 0.3) is 5.91 Å². The molecule has 0 aliphatic carbocycles. The lowest BCUT2D eigenvalue weighted by atomic mass is 10.1. The van der Waals surface area contributed by atoms with Gasteiger partial charge in [0.1, 0.15) is 5.75 Å². The summed E-state index contributed by atoms with van der Waals surface area (Å²) in [5.74, 6) is -0.789. The molecule has 20 heavy (non-hydrogen) atoms. The topological polar surface area (TPSA) is 76.1 Å². The lowest BCUT2D eigenvalue weighted by molar-refractivity contribution is -0.151. The van der Waals surface area contributed by atoms with Crippen molar-refractivity contribution >= 4 is 34.5 Å². The molecule has 1 heterocycles.